The second-order valence-electron chi connectivity index (χ2n) is 5.39. The van der Waals surface area contributed by atoms with Crippen LogP contribution >= 0.6 is 0 Å². The summed E-state index contributed by atoms with van der Waals surface area (Å²) < 4.78 is 0. The van der Waals surface area contributed by atoms with Crippen LogP contribution in [0.4, 0.5) is 0 Å². The zero-order chi connectivity index (χ0) is 16.0. The fourth-order valence-corrected chi connectivity index (χ4v) is 1.88. The summed E-state index contributed by atoms with van der Waals surface area (Å²) in [6.45, 7) is 8.22. The lowest BCUT2D eigenvalue weighted by molar-refractivity contribution is -0.123. The lowest BCUT2D eigenvalue weighted by atomic mass is 10.0. The summed E-state index contributed by atoms with van der Waals surface area (Å²) in [5.74, 6) is 0.0678. The third kappa shape index (κ3) is 5.07. The van der Waals surface area contributed by atoms with Crippen molar-refractivity contribution in [3.63, 3.8) is 0 Å². The average molecular weight is 292 g/mol. The van der Waals surface area contributed by atoms with Crippen molar-refractivity contribution in [3.05, 3.63) is 34.9 Å². The number of amidine groups is 1. The first-order chi connectivity index (χ1) is 9.85. The largest absolute Gasteiger partial charge is 0.409 e. The number of nitrogens with two attached hydrogens (primary N) is 1. The molecule has 0 fully saturated rings. The van der Waals surface area contributed by atoms with Gasteiger partial charge in [0.25, 0.3) is 0 Å². The van der Waals surface area contributed by atoms with E-state index in [1.54, 1.807) is 6.07 Å². The molecule has 1 unspecified atom stereocenters. The molecule has 1 atom stereocenters. The van der Waals surface area contributed by atoms with Crippen molar-refractivity contribution in [3.8, 4) is 0 Å². The number of oxime groups is 1. The summed E-state index contributed by atoms with van der Waals surface area (Å²) in [7, 11) is 0. The van der Waals surface area contributed by atoms with Gasteiger partial charge in [0.1, 0.15) is 0 Å². The molecule has 0 aliphatic rings. The molecule has 116 valence electrons. The predicted molar refractivity (Wildman–Crippen MR) is 83.3 cm³/mol. The number of rotatable bonds is 6. The van der Waals surface area contributed by atoms with Gasteiger partial charge in [-0.1, -0.05) is 17.3 Å². The van der Waals surface area contributed by atoms with Gasteiger partial charge in [-0.3, -0.25) is 4.79 Å². The van der Waals surface area contributed by atoms with E-state index < -0.39 is 0 Å². The number of hydrogen-bond acceptors (Lipinski definition) is 4. The molecule has 0 aliphatic carbocycles. The minimum absolute atomic E-state index is 0.0177. The van der Waals surface area contributed by atoms with Crippen molar-refractivity contribution in [1.29, 1.82) is 0 Å². The van der Waals surface area contributed by atoms with E-state index in [-0.39, 0.29) is 23.8 Å². The highest BCUT2D eigenvalue weighted by atomic mass is 16.4. The van der Waals surface area contributed by atoms with Crippen LogP contribution in [-0.4, -0.2) is 29.0 Å². The van der Waals surface area contributed by atoms with E-state index in [0.717, 1.165) is 11.1 Å². The van der Waals surface area contributed by atoms with Crippen LogP contribution < -0.4 is 16.4 Å². The highest BCUT2D eigenvalue weighted by Gasteiger charge is 2.13. The van der Waals surface area contributed by atoms with Crippen LogP contribution in [0.25, 0.3) is 0 Å². The normalized spacial score (nSPS) is 13.3. The summed E-state index contributed by atoms with van der Waals surface area (Å²) in [5, 5.41) is 17.7. The van der Waals surface area contributed by atoms with Gasteiger partial charge in [-0.2, -0.15) is 0 Å². The third-order valence-corrected chi connectivity index (χ3v) is 3.17. The first-order valence-corrected chi connectivity index (χ1v) is 6.96. The Morgan fingerprint density at radius 3 is 2.57 bits per heavy atom. The van der Waals surface area contributed by atoms with Crippen LogP contribution in [0.3, 0.4) is 0 Å². The summed E-state index contributed by atoms with van der Waals surface area (Å²) >= 11 is 0. The van der Waals surface area contributed by atoms with Crippen molar-refractivity contribution in [2.45, 2.75) is 46.3 Å². The zero-order valence-electron chi connectivity index (χ0n) is 13.0. The van der Waals surface area contributed by atoms with Gasteiger partial charge in [-0.25, -0.2) is 0 Å². The minimum Gasteiger partial charge on any atom is -0.409 e. The van der Waals surface area contributed by atoms with E-state index in [1.807, 2.05) is 39.8 Å². The molecule has 1 amide bonds. The first kappa shape index (κ1) is 17.0. The zero-order valence-corrected chi connectivity index (χ0v) is 13.0. The highest BCUT2D eigenvalue weighted by Crippen LogP contribution is 2.11. The van der Waals surface area contributed by atoms with E-state index in [0.29, 0.717) is 12.1 Å². The predicted octanol–water partition coefficient (Wildman–Crippen LogP) is 1.09. The van der Waals surface area contributed by atoms with Gasteiger partial charge in [0, 0.05) is 18.2 Å². The Bertz CT molecular complexity index is 526. The van der Waals surface area contributed by atoms with Gasteiger partial charge in [-0.15, -0.1) is 0 Å². The summed E-state index contributed by atoms with van der Waals surface area (Å²) in [6.07, 6.45) is 0. The van der Waals surface area contributed by atoms with E-state index in [1.165, 1.54) is 0 Å². The van der Waals surface area contributed by atoms with Gasteiger partial charge in [0.2, 0.25) is 5.91 Å². The summed E-state index contributed by atoms with van der Waals surface area (Å²) in [6, 6.07) is 5.41. The van der Waals surface area contributed by atoms with E-state index in [4.69, 9.17) is 10.9 Å². The molecular formula is C15H24N4O2. The molecule has 5 N–H and O–H groups in total. The summed E-state index contributed by atoms with van der Waals surface area (Å²) in [4.78, 5) is 11.8. The molecule has 0 saturated carbocycles. The molecule has 1 aromatic rings. The Morgan fingerprint density at radius 1 is 1.38 bits per heavy atom. The molecule has 6 heteroatoms. The van der Waals surface area contributed by atoms with Crippen LogP contribution in [0.1, 0.15) is 37.5 Å². The number of carbonyl (C=O) groups is 1. The molecule has 0 heterocycles. The quantitative estimate of drug-likeness (QED) is 0.273. The Morgan fingerprint density at radius 2 is 2.05 bits per heavy atom. The topological polar surface area (TPSA) is 99.7 Å². The monoisotopic (exact) mass is 292 g/mol. The second-order valence-corrected chi connectivity index (χ2v) is 5.39. The van der Waals surface area contributed by atoms with Crippen LogP contribution in [-0.2, 0) is 11.3 Å². The molecule has 0 spiro atoms. The molecule has 0 saturated heterocycles. The van der Waals surface area contributed by atoms with E-state index in [2.05, 4.69) is 15.8 Å². The van der Waals surface area contributed by atoms with Crippen LogP contribution in [0.5, 0.6) is 0 Å². The third-order valence-electron chi connectivity index (χ3n) is 3.17. The van der Waals surface area contributed by atoms with Gasteiger partial charge in [0.05, 0.1) is 6.04 Å². The molecule has 1 aromatic carbocycles. The Labute approximate surface area is 125 Å². The lowest BCUT2D eigenvalue weighted by Gasteiger charge is -2.17. The molecule has 6 nitrogen and oxygen atoms in total. The SMILES string of the molecule is Cc1cc(/C(N)=N/O)ccc1CNC(C)C(=O)NC(C)C. The Balaban J connectivity index is 2.66. The van der Waals surface area contributed by atoms with Gasteiger partial charge in [-0.05, 0) is 44.9 Å². The van der Waals surface area contributed by atoms with Gasteiger partial charge in [0.15, 0.2) is 5.84 Å². The molecule has 1 rings (SSSR count). The van der Waals surface area contributed by atoms with Crippen molar-refractivity contribution in [2.75, 3.05) is 0 Å². The molecule has 0 aromatic heterocycles. The number of hydrogen-bond donors (Lipinski definition) is 4. The Hall–Kier alpha value is -2.08. The summed E-state index contributed by atoms with van der Waals surface area (Å²) in [5.41, 5.74) is 8.30. The fraction of sp³-hybridized carbons (Fsp3) is 0.467. The smallest absolute Gasteiger partial charge is 0.237 e. The minimum atomic E-state index is -0.268. The fourth-order valence-electron chi connectivity index (χ4n) is 1.88. The number of benzene rings is 1. The van der Waals surface area contributed by atoms with E-state index in [9.17, 15) is 4.79 Å². The molecule has 0 aliphatic heterocycles. The Kier molecular flexibility index (Phi) is 6.17. The van der Waals surface area contributed by atoms with Crippen molar-refractivity contribution in [1.82, 2.24) is 10.6 Å². The second kappa shape index (κ2) is 7.64. The molecule has 21 heavy (non-hydrogen) atoms. The van der Waals surface area contributed by atoms with Crippen LogP contribution in [0, 0.1) is 6.92 Å². The number of aryl methyl sites for hydroxylation is 1. The molecule has 0 bridgehead atoms. The molecule has 0 radical (unpaired) electrons. The number of amides is 1. The maximum Gasteiger partial charge on any atom is 0.237 e. The standard InChI is InChI=1S/C15H24N4O2/c1-9(2)18-15(20)11(4)17-8-13-6-5-12(7-10(13)3)14(16)19-21/h5-7,9,11,17,21H,8H2,1-4H3,(H2,16,19)(H,18,20). The maximum atomic E-state index is 11.8. The van der Waals surface area contributed by atoms with Crippen LogP contribution in [0.15, 0.2) is 23.4 Å². The number of nitrogens with one attached hydrogen (secondary N) is 2. The molecular weight excluding hydrogens is 268 g/mol. The number of carbonyl (C=O) groups excluding carboxylic acids is 1. The van der Waals surface area contributed by atoms with Crippen molar-refractivity contribution < 1.29 is 10.0 Å². The maximum absolute atomic E-state index is 11.8. The van der Waals surface area contributed by atoms with E-state index >= 15 is 0 Å². The van der Waals surface area contributed by atoms with Crippen molar-refractivity contribution in [2.24, 2.45) is 10.9 Å². The van der Waals surface area contributed by atoms with Crippen molar-refractivity contribution >= 4 is 11.7 Å². The van der Waals surface area contributed by atoms with Gasteiger partial charge < -0.3 is 21.6 Å². The average Bonchev–Trinajstić information content (AvgIpc) is 2.43. The van der Waals surface area contributed by atoms with Gasteiger partial charge >= 0.3 is 0 Å². The first-order valence-electron chi connectivity index (χ1n) is 6.96. The lowest BCUT2D eigenvalue weighted by Crippen LogP contribution is -2.44. The van der Waals surface area contributed by atoms with Crippen LogP contribution in [0.2, 0.25) is 0 Å². The highest BCUT2D eigenvalue weighted by molar-refractivity contribution is 5.97. The number of nitrogens with zero attached hydrogens (tertiary/aromatic N) is 1.